The fourth-order valence-electron chi connectivity index (χ4n) is 1.35. The van der Waals surface area contributed by atoms with Crippen molar-refractivity contribution in [3.05, 3.63) is 53.3 Å². The van der Waals surface area contributed by atoms with Crippen molar-refractivity contribution in [2.24, 2.45) is 0 Å². The van der Waals surface area contributed by atoms with Gasteiger partial charge in [0, 0.05) is 5.69 Å². The number of anilines is 1. The van der Waals surface area contributed by atoms with Gasteiger partial charge >= 0.3 is 0 Å². The Morgan fingerprint density at radius 1 is 0.933 bits per heavy atom. The molecule has 0 heterocycles. The Morgan fingerprint density at radius 2 is 1.53 bits per heavy atom. The van der Waals surface area contributed by atoms with Crippen LogP contribution in [0.2, 0.25) is 5.02 Å². The van der Waals surface area contributed by atoms with Crippen molar-refractivity contribution in [1.82, 2.24) is 0 Å². The van der Waals surface area contributed by atoms with Gasteiger partial charge in [-0.1, -0.05) is 29.8 Å². The van der Waals surface area contributed by atoms with Crippen molar-refractivity contribution in [3.8, 4) is 11.1 Å². The standard InChI is InChI=1S/C12H9ClFN/c13-11-6-3-9(7-12(11)14)8-1-4-10(15)5-2-8/h1-7H,15H2. The Hall–Kier alpha value is -1.54. The van der Waals surface area contributed by atoms with Gasteiger partial charge in [0.25, 0.3) is 0 Å². The number of hydrogen-bond acceptors (Lipinski definition) is 1. The fraction of sp³-hybridized carbons (Fsp3) is 0. The van der Waals surface area contributed by atoms with Crippen LogP contribution in [0, 0.1) is 5.82 Å². The highest BCUT2D eigenvalue weighted by Crippen LogP contribution is 2.24. The van der Waals surface area contributed by atoms with Gasteiger partial charge < -0.3 is 5.73 Å². The lowest BCUT2D eigenvalue weighted by Gasteiger charge is -2.03. The van der Waals surface area contributed by atoms with E-state index >= 15 is 0 Å². The average molecular weight is 222 g/mol. The van der Waals surface area contributed by atoms with E-state index in [1.165, 1.54) is 6.07 Å². The highest BCUT2D eigenvalue weighted by Gasteiger charge is 2.02. The van der Waals surface area contributed by atoms with E-state index in [0.29, 0.717) is 5.69 Å². The first-order valence-electron chi connectivity index (χ1n) is 4.48. The van der Waals surface area contributed by atoms with Crippen LogP contribution in [0.4, 0.5) is 10.1 Å². The van der Waals surface area contributed by atoms with E-state index in [-0.39, 0.29) is 5.02 Å². The molecule has 2 aromatic rings. The van der Waals surface area contributed by atoms with Crippen LogP contribution in [0.5, 0.6) is 0 Å². The second-order valence-corrected chi connectivity index (χ2v) is 3.66. The molecule has 0 aliphatic carbocycles. The molecule has 0 amide bonds. The van der Waals surface area contributed by atoms with E-state index in [9.17, 15) is 4.39 Å². The molecule has 15 heavy (non-hydrogen) atoms. The first-order valence-corrected chi connectivity index (χ1v) is 4.85. The lowest BCUT2D eigenvalue weighted by atomic mass is 10.1. The highest BCUT2D eigenvalue weighted by atomic mass is 35.5. The largest absolute Gasteiger partial charge is 0.399 e. The topological polar surface area (TPSA) is 26.0 Å². The molecule has 0 aliphatic rings. The zero-order chi connectivity index (χ0) is 10.8. The molecule has 0 atom stereocenters. The minimum atomic E-state index is -0.411. The molecule has 0 unspecified atom stereocenters. The van der Waals surface area contributed by atoms with E-state index < -0.39 is 5.82 Å². The number of nitrogens with two attached hydrogens (primary N) is 1. The monoisotopic (exact) mass is 221 g/mol. The molecule has 1 nitrogen and oxygen atoms in total. The number of hydrogen-bond donors (Lipinski definition) is 1. The lowest BCUT2D eigenvalue weighted by molar-refractivity contribution is 0.629. The van der Waals surface area contributed by atoms with Crippen molar-refractivity contribution < 1.29 is 4.39 Å². The van der Waals surface area contributed by atoms with Crippen LogP contribution in [0.15, 0.2) is 42.5 Å². The molecule has 0 saturated carbocycles. The van der Waals surface area contributed by atoms with Gasteiger partial charge in [-0.25, -0.2) is 4.39 Å². The zero-order valence-electron chi connectivity index (χ0n) is 7.87. The van der Waals surface area contributed by atoms with E-state index in [0.717, 1.165) is 11.1 Å². The van der Waals surface area contributed by atoms with Gasteiger partial charge in [0.1, 0.15) is 5.82 Å². The number of rotatable bonds is 1. The average Bonchev–Trinajstić information content (AvgIpc) is 2.23. The maximum Gasteiger partial charge on any atom is 0.142 e. The van der Waals surface area contributed by atoms with E-state index in [1.807, 2.05) is 12.1 Å². The normalized spacial score (nSPS) is 10.3. The van der Waals surface area contributed by atoms with Crippen LogP contribution in [-0.4, -0.2) is 0 Å². The Bertz CT molecular complexity index is 479. The molecule has 0 bridgehead atoms. The summed E-state index contributed by atoms with van der Waals surface area (Å²) in [5.41, 5.74) is 7.96. The Labute approximate surface area is 92.3 Å². The molecule has 0 aromatic heterocycles. The van der Waals surface area contributed by atoms with Gasteiger partial charge in [-0.05, 0) is 35.4 Å². The SMILES string of the molecule is Nc1ccc(-c2ccc(Cl)c(F)c2)cc1. The summed E-state index contributed by atoms with van der Waals surface area (Å²) in [6.45, 7) is 0. The molecular formula is C12H9ClFN. The fourth-order valence-corrected chi connectivity index (χ4v) is 1.47. The molecular weight excluding hydrogens is 213 g/mol. The third-order valence-electron chi connectivity index (χ3n) is 2.16. The van der Waals surface area contributed by atoms with Crippen LogP contribution in [0.3, 0.4) is 0 Å². The number of halogens is 2. The van der Waals surface area contributed by atoms with Crippen molar-refractivity contribution in [2.75, 3.05) is 5.73 Å². The van der Waals surface area contributed by atoms with Gasteiger partial charge in [-0.2, -0.15) is 0 Å². The molecule has 3 heteroatoms. The lowest BCUT2D eigenvalue weighted by Crippen LogP contribution is -1.85. The second-order valence-electron chi connectivity index (χ2n) is 3.25. The van der Waals surface area contributed by atoms with Crippen LogP contribution in [0.1, 0.15) is 0 Å². The summed E-state index contributed by atoms with van der Waals surface area (Å²) >= 11 is 5.60. The smallest absolute Gasteiger partial charge is 0.142 e. The Morgan fingerprint density at radius 3 is 2.13 bits per heavy atom. The summed E-state index contributed by atoms with van der Waals surface area (Å²) in [6, 6.07) is 12.0. The first-order chi connectivity index (χ1) is 7.16. The van der Waals surface area contributed by atoms with E-state index in [4.69, 9.17) is 17.3 Å². The maximum absolute atomic E-state index is 13.2. The first kappa shape index (κ1) is 9.99. The Balaban J connectivity index is 2.45. The Kier molecular flexibility index (Phi) is 2.60. The van der Waals surface area contributed by atoms with Gasteiger partial charge in [0.15, 0.2) is 0 Å². The second kappa shape index (κ2) is 3.91. The molecule has 0 fully saturated rings. The summed E-state index contributed by atoms with van der Waals surface area (Å²) in [6.07, 6.45) is 0. The van der Waals surface area contributed by atoms with Gasteiger partial charge in [0.2, 0.25) is 0 Å². The summed E-state index contributed by atoms with van der Waals surface area (Å²) in [5, 5.41) is 0.134. The van der Waals surface area contributed by atoms with Crippen molar-refractivity contribution in [2.45, 2.75) is 0 Å². The molecule has 0 saturated heterocycles. The summed E-state index contributed by atoms with van der Waals surface area (Å²) in [4.78, 5) is 0. The molecule has 2 rings (SSSR count). The highest BCUT2D eigenvalue weighted by molar-refractivity contribution is 6.30. The summed E-state index contributed by atoms with van der Waals surface area (Å²) in [5.74, 6) is -0.411. The third kappa shape index (κ3) is 2.10. The predicted octanol–water partition coefficient (Wildman–Crippen LogP) is 3.73. The molecule has 0 spiro atoms. The number of nitrogen functional groups attached to an aromatic ring is 1. The molecule has 2 N–H and O–H groups in total. The zero-order valence-corrected chi connectivity index (χ0v) is 8.63. The third-order valence-corrected chi connectivity index (χ3v) is 2.47. The molecule has 76 valence electrons. The van der Waals surface area contributed by atoms with E-state index in [2.05, 4.69) is 0 Å². The van der Waals surface area contributed by atoms with Gasteiger partial charge in [-0.3, -0.25) is 0 Å². The minimum absolute atomic E-state index is 0.134. The minimum Gasteiger partial charge on any atom is -0.399 e. The summed E-state index contributed by atoms with van der Waals surface area (Å²) in [7, 11) is 0. The van der Waals surface area contributed by atoms with Crippen molar-refractivity contribution in [3.63, 3.8) is 0 Å². The van der Waals surface area contributed by atoms with Crippen LogP contribution in [0.25, 0.3) is 11.1 Å². The van der Waals surface area contributed by atoms with Crippen LogP contribution in [-0.2, 0) is 0 Å². The van der Waals surface area contributed by atoms with Crippen LogP contribution < -0.4 is 5.73 Å². The number of benzene rings is 2. The van der Waals surface area contributed by atoms with Gasteiger partial charge in [0.05, 0.1) is 5.02 Å². The molecule has 2 aromatic carbocycles. The quantitative estimate of drug-likeness (QED) is 0.730. The van der Waals surface area contributed by atoms with Crippen molar-refractivity contribution in [1.29, 1.82) is 0 Å². The maximum atomic E-state index is 13.2. The predicted molar refractivity (Wildman–Crippen MR) is 61.3 cm³/mol. The van der Waals surface area contributed by atoms with Crippen LogP contribution >= 0.6 is 11.6 Å². The van der Waals surface area contributed by atoms with E-state index in [1.54, 1.807) is 24.3 Å². The molecule has 0 aliphatic heterocycles. The van der Waals surface area contributed by atoms with Crippen molar-refractivity contribution >= 4 is 17.3 Å². The summed E-state index contributed by atoms with van der Waals surface area (Å²) < 4.78 is 13.2. The van der Waals surface area contributed by atoms with Gasteiger partial charge in [-0.15, -0.1) is 0 Å². The molecule has 0 radical (unpaired) electrons.